The predicted molar refractivity (Wildman–Crippen MR) is 44.7 cm³/mol. The molecule has 0 spiro atoms. The second-order valence-electron chi connectivity index (χ2n) is 2.48. The van der Waals surface area contributed by atoms with Crippen molar-refractivity contribution in [1.29, 1.82) is 0 Å². The first kappa shape index (κ1) is 7.55. The predicted octanol–water partition coefficient (Wildman–Crippen LogP) is 2.21. The van der Waals surface area contributed by atoms with E-state index in [1.807, 2.05) is 0 Å². The molecule has 0 aliphatic carbocycles. The number of nitrogens with zero attached hydrogens (tertiary/aromatic N) is 2. The Labute approximate surface area is 73.6 Å². The van der Waals surface area contributed by atoms with Gasteiger partial charge in [0.05, 0.1) is 11.6 Å². The molecule has 2 heterocycles. The van der Waals surface area contributed by atoms with E-state index in [0.29, 0.717) is 11.5 Å². The van der Waals surface area contributed by atoms with E-state index >= 15 is 0 Å². The van der Waals surface area contributed by atoms with Gasteiger partial charge in [0.2, 0.25) is 0 Å². The van der Waals surface area contributed by atoms with Crippen LogP contribution in [0.5, 0.6) is 0 Å². The SMILES string of the molecule is Fc1ccn2cc(CCl)nc2c1. The van der Waals surface area contributed by atoms with Gasteiger partial charge in [-0.15, -0.1) is 11.6 Å². The van der Waals surface area contributed by atoms with Gasteiger partial charge in [0.25, 0.3) is 0 Å². The van der Waals surface area contributed by atoms with E-state index in [2.05, 4.69) is 4.98 Å². The molecule has 0 saturated carbocycles. The molecule has 0 bridgehead atoms. The van der Waals surface area contributed by atoms with E-state index in [4.69, 9.17) is 11.6 Å². The number of hydrogen-bond acceptors (Lipinski definition) is 1. The molecule has 0 N–H and O–H groups in total. The summed E-state index contributed by atoms with van der Waals surface area (Å²) < 4.78 is 14.4. The van der Waals surface area contributed by atoms with Crippen LogP contribution in [0, 0.1) is 5.82 Å². The van der Waals surface area contributed by atoms with Gasteiger partial charge in [0.1, 0.15) is 11.5 Å². The van der Waals surface area contributed by atoms with Crippen molar-refractivity contribution in [2.45, 2.75) is 5.88 Å². The summed E-state index contributed by atoms with van der Waals surface area (Å²) >= 11 is 5.57. The Morgan fingerprint density at radius 1 is 1.58 bits per heavy atom. The van der Waals surface area contributed by atoms with E-state index in [9.17, 15) is 4.39 Å². The highest BCUT2D eigenvalue weighted by molar-refractivity contribution is 6.16. The lowest BCUT2D eigenvalue weighted by molar-refractivity contribution is 0.626. The topological polar surface area (TPSA) is 17.3 Å². The smallest absolute Gasteiger partial charge is 0.139 e. The highest BCUT2D eigenvalue weighted by Gasteiger charge is 2.00. The lowest BCUT2D eigenvalue weighted by atomic mass is 10.4. The summed E-state index contributed by atoms with van der Waals surface area (Å²) in [6, 6.07) is 2.75. The van der Waals surface area contributed by atoms with E-state index in [1.54, 1.807) is 16.8 Å². The van der Waals surface area contributed by atoms with Crippen LogP contribution in [-0.2, 0) is 5.88 Å². The Morgan fingerprint density at radius 2 is 2.42 bits per heavy atom. The van der Waals surface area contributed by atoms with E-state index in [1.165, 1.54) is 12.1 Å². The number of hydrogen-bond donors (Lipinski definition) is 0. The first-order chi connectivity index (χ1) is 5.79. The third-order valence-electron chi connectivity index (χ3n) is 1.61. The number of alkyl halides is 1. The maximum absolute atomic E-state index is 12.7. The molecule has 0 aliphatic rings. The summed E-state index contributed by atoms with van der Waals surface area (Å²) in [5, 5.41) is 0. The van der Waals surface area contributed by atoms with Crippen LogP contribution in [0.3, 0.4) is 0 Å². The third-order valence-corrected chi connectivity index (χ3v) is 1.88. The minimum Gasteiger partial charge on any atom is -0.307 e. The molecule has 0 aromatic carbocycles. The molecule has 4 heteroatoms. The summed E-state index contributed by atoms with van der Waals surface area (Å²) in [6.45, 7) is 0. The van der Waals surface area contributed by atoms with Crippen LogP contribution in [0.1, 0.15) is 5.69 Å². The van der Waals surface area contributed by atoms with Gasteiger partial charge in [-0.2, -0.15) is 0 Å². The molecule has 2 aromatic heterocycles. The van der Waals surface area contributed by atoms with Gasteiger partial charge < -0.3 is 4.40 Å². The fourth-order valence-electron chi connectivity index (χ4n) is 1.07. The molecule has 2 rings (SSSR count). The summed E-state index contributed by atoms with van der Waals surface area (Å²) in [7, 11) is 0. The normalized spacial score (nSPS) is 10.8. The van der Waals surface area contributed by atoms with Crippen molar-refractivity contribution in [3.05, 3.63) is 36.0 Å². The highest BCUT2D eigenvalue weighted by Crippen LogP contribution is 2.08. The Bertz CT molecular complexity index is 410. The lowest BCUT2D eigenvalue weighted by Gasteiger charge is -1.89. The van der Waals surface area contributed by atoms with Gasteiger partial charge in [-0.05, 0) is 6.07 Å². The van der Waals surface area contributed by atoms with Crippen LogP contribution < -0.4 is 0 Å². The molecule has 2 aromatic rings. The molecule has 12 heavy (non-hydrogen) atoms. The quantitative estimate of drug-likeness (QED) is 0.622. The fourth-order valence-corrected chi connectivity index (χ4v) is 1.20. The van der Waals surface area contributed by atoms with Gasteiger partial charge in [-0.1, -0.05) is 0 Å². The molecular weight excluding hydrogens is 179 g/mol. The second-order valence-corrected chi connectivity index (χ2v) is 2.74. The van der Waals surface area contributed by atoms with E-state index < -0.39 is 0 Å². The monoisotopic (exact) mass is 184 g/mol. The summed E-state index contributed by atoms with van der Waals surface area (Å²) in [5.41, 5.74) is 1.34. The standard InChI is InChI=1S/C8H6ClFN2/c9-4-7-5-12-2-1-6(10)3-8(12)11-7/h1-3,5H,4H2. The molecule has 0 aliphatic heterocycles. The summed E-state index contributed by atoms with van der Waals surface area (Å²) in [5.74, 6) is 0.0674. The van der Waals surface area contributed by atoms with Crippen molar-refractivity contribution in [3.8, 4) is 0 Å². The highest BCUT2D eigenvalue weighted by atomic mass is 35.5. The van der Waals surface area contributed by atoms with Crippen molar-refractivity contribution in [2.24, 2.45) is 0 Å². The second kappa shape index (κ2) is 2.75. The lowest BCUT2D eigenvalue weighted by Crippen LogP contribution is -1.82. The Kier molecular flexibility index (Phi) is 1.73. The molecule has 0 amide bonds. The summed E-state index contributed by atoms with van der Waals surface area (Å²) in [4.78, 5) is 4.08. The van der Waals surface area contributed by atoms with Crippen LogP contribution in [-0.4, -0.2) is 9.38 Å². The fraction of sp³-hybridized carbons (Fsp3) is 0.125. The molecule has 0 unspecified atom stereocenters. The zero-order valence-corrected chi connectivity index (χ0v) is 6.92. The molecule has 0 fully saturated rings. The minimum atomic E-state index is -0.283. The molecule has 2 nitrogen and oxygen atoms in total. The third kappa shape index (κ3) is 1.16. The van der Waals surface area contributed by atoms with Crippen molar-refractivity contribution >= 4 is 17.2 Å². The van der Waals surface area contributed by atoms with Crippen LogP contribution in [0.4, 0.5) is 4.39 Å². The maximum atomic E-state index is 12.7. The van der Waals surface area contributed by atoms with Crippen molar-refractivity contribution in [1.82, 2.24) is 9.38 Å². The first-order valence-electron chi connectivity index (χ1n) is 3.49. The largest absolute Gasteiger partial charge is 0.307 e. The van der Waals surface area contributed by atoms with E-state index in [0.717, 1.165) is 5.69 Å². The van der Waals surface area contributed by atoms with Gasteiger partial charge in [-0.3, -0.25) is 0 Å². The van der Waals surface area contributed by atoms with Gasteiger partial charge in [0.15, 0.2) is 0 Å². The maximum Gasteiger partial charge on any atom is 0.139 e. The van der Waals surface area contributed by atoms with Crippen LogP contribution in [0.15, 0.2) is 24.5 Å². The Morgan fingerprint density at radius 3 is 3.17 bits per heavy atom. The number of aromatic nitrogens is 2. The average Bonchev–Trinajstić information content (AvgIpc) is 2.46. The average molecular weight is 185 g/mol. The molecule has 0 radical (unpaired) electrons. The zero-order valence-electron chi connectivity index (χ0n) is 6.17. The van der Waals surface area contributed by atoms with Crippen molar-refractivity contribution in [3.63, 3.8) is 0 Å². The van der Waals surface area contributed by atoms with Gasteiger partial charge in [0, 0.05) is 18.5 Å². The number of rotatable bonds is 1. The van der Waals surface area contributed by atoms with Gasteiger partial charge >= 0.3 is 0 Å². The Balaban J connectivity index is 2.67. The van der Waals surface area contributed by atoms with E-state index in [-0.39, 0.29) is 5.82 Å². The van der Waals surface area contributed by atoms with Gasteiger partial charge in [-0.25, -0.2) is 9.37 Å². The number of pyridine rings is 1. The zero-order chi connectivity index (χ0) is 8.55. The van der Waals surface area contributed by atoms with Crippen LogP contribution >= 0.6 is 11.6 Å². The number of fused-ring (bicyclic) bond motifs is 1. The van der Waals surface area contributed by atoms with Crippen molar-refractivity contribution < 1.29 is 4.39 Å². The van der Waals surface area contributed by atoms with Crippen molar-refractivity contribution in [2.75, 3.05) is 0 Å². The summed E-state index contributed by atoms with van der Waals surface area (Å²) in [6.07, 6.45) is 3.40. The number of halogens is 2. The molecule has 0 atom stereocenters. The van der Waals surface area contributed by atoms with Crippen LogP contribution in [0.25, 0.3) is 5.65 Å². The Hall–Kier alpha value is -1.09. The minimum absolute atomic E-state index is 0.283. The first-order valence-corrected chi connectivity index (χ1v) is 4.02. The number of imidazole rings is 1. The molecular formula is C8H6ClFN2. The molecule has 0 saturated heterocycles. The molecule has 62 valence electrons. The van der Waals surface area contributed by atoms with Crippen LogP contribution in [0.2, 0.25) is 0 Å².